The summed E-state index contributed by atoms with van der Waals surface area (Å²) in [6, 6.07) is 29.7. The van der Waals surface area contributed by atoms with Crippen LogP contribution in [-0.4, -0.2) is 65.4 Å². The topological polar surface area (TPSA) is 204 Å². The quantitative estimate of drug-likeness (QED) is 0.0473. The fourth-order valence-electron chi connectivity index (χ4n) is 5.45. The standard InChI is InChI=1S/C22H18F3NO6S.C21H17F2NO6S/c23-22(24,25)18-6-2-4-8-20(18)33(29,30)26-15-9-11-16(12-10-15)31-13-14-32-19-7-3-1-5-17(19)21(27)28;22-14-5-10-20(18(23)13-14)31(27,28)24-15-6-8-16(9-7-15)29-11-12-30-19-4-2-1-3-17(19)21(25)26/h1-12,26H,13-14H2,(H,27,28);1-10,13,24H,11-12H2,(H,25,26). The lowest BCUT2D eigenvalue weighted by Crippen LogP contribution is -2.18. The Labute approximate surface area is 362 Å². The van der Waals surface area contributed by atoms with E-state index in [0.29, 0.717) is 23.6 Å². The highest BCUT2D eigenvalue weighted by atomic mass is 32.2. The Bertz CT molecular complexity index is 2790. The molecule has 0 spiro atoms. The van der Waals surface area contributed by atoms with Crippen LogP contribution < -0.4 is 28.4 Å². The molecule has 0 aliphatic carbocycles. The van der Waals surface area contributed by atoms with Crippen molar-refractivity contribution in [2.75, 3.05) is 35.9 Å². The van der Waals surface area contributed by atoms with Crippen molar-refractivity contribution in [2.24, 2.45) is 0 Å². The molecule has 336 valence electrons. The van der Waals surface area contributed by atoms with E-state index in [1.54, 1.807) is 24.3 Å². The van der Waals surface area contributed by atoms with Gasteiger partial charge in [0.25, 0.3) is 20.0 Å². The second kappa shape index (κ2) is 21.1. The zero-order chi connectivity index (χ0) is 46.5. The molecule has 0 saturated carbocycles. The number of carboxylic acids is 2. The SMILES string of the molecule is O=C(O)c1ccccc1OCCOc1ccc(NS(=O)(=O)c2ccc(F)cc2F)cc1.O=C(O)c1ccccc1OCCOc1ccc(NS(=O)(=O)c2ccccc2C(F)(F)F)cc1. The number of benzene rings is 6. The molecule has 0 aliphatic rings. The van der Waals surface area contributed by atoms with Crippen LogP contribution >= 0.6 is 0 Å². The highest BCUT2D eigenvalue weighted by molar-refractivity contribution is 7.93. The molecule has 6 aromatic carbocycles. The van der Waals surface area contributed by atoms with Gasteiger partial charge in [0.15, 0.2) is 0 Å². The van der Waals surface area contributed by atoms with Crippen LogP contribution in [0.1, 0.15) is 26.3 Å². The molecule has 0 heterocycles. The number of hydrogen-bond acceptors (Lipinski definition) is 10. The molecule has 6 aromatic rings. The molecule has 14 nitrogen and oxygen atoms in total. The van der Waals surface area contributed by atoms with Crippen molar-refractivity contribution in [3.8, 4) is 23.0 Å². The summed E-state index contributed by atoms with van der Waals surface area (Å²) in [7, 11) is -8.72. The number of nitrogens with one attached hydrogen (secondary N) is 2. The average molecular weight is 931 g/mol. The van der Waals surface area contributed by atoms with Crippen molar-refractivity contribution in [1.29, 1.82) is 0 Å². The number of alkyl halides is 3. The van der Waals surface area contributed by atoms with Gasteiger partial charge in [-0.25, -0.2) is 35.2 Å². The minimum absolute atomic E-state index is 0.0150. The third kappa shape index (κ3) is 13.3. The van der Waals surface area contributed by atoms with Gasteiger partial charge >= 0.3 is 18.1 Å². The zero-order valence-electron chi connectivity index (χ0n) is 32.8. The highest BCUT2D eigenvalue weighted by Crippen LogP contribution is 2.35. The molecule has 21 heteroatoms. The summed E-state index contributed by atoms with van der Waals surface area (Å²) in [5, 5.41) is 18.2. The number of halogens is 5. The molecule has 0 aromatic heterocycles. The van der Waals surface area contributed by atoms with E-state index in [1.165, 1.54) is 78.9 Å². The minimum atomic E-state index is -4.82. The molecule has 0 unspecified atom stereocenters. The van der Waals surface area contributed by atoms with Crippen molar-refractivity contribution in [3.05, 3.63) is 168 Å². The first-order valence-corrected chi connectivity index (χ1v) is 21.3. The van der Waals surface area contributed by atoms with Crippen molar-refractivity contribution in [1.82, 2.24) is 0 Å². The molecular formula is C43H35F5N2O12S2. The van der Waals surface area contributed by atoms with Crippen molar-refractivity contribution in [2.45, 2.75) is 16.0 Å². The van der Waals surface area contributed by atoms with Gasteiger partial charge in [0, 0.05) is 17.4 Å². The van der Waals surface area contributed by atoms with Crippen LogP contribution in [0.5, 0.6) is 23.0 Å². The maximum atomic E-state index is 13.8. The molecule has 6 rings (SSSR count). The summed E-state index contributed by atoms with van der Waals surface area (Å²) in [6.07, 6.45) is -4.82. The second-order valence-electron chi connectivity index (χ2n) is 12.8. The van der Waals surface area contributed by atoms with Gasteiger partial charge in [-0.3, -0.25) is 9.44 Å². The normalized spacial score (nSPS) is 11.3. The van der Waals surface area contributed by atoms with Crippen LogP contribution in [-0.2, 0) is 26.2 Å². The molecule has 0 atom stereocenters. The van der Waals surface area contributed by atoms with E-state index in [4.69, 9.17) is 29.2 Å². The van der Waals surface area contributed by atoms with E-state index < -0.39 is 65.2 Å². The Balaban J connectivity index is 0.000000241. The van der Waals surface area contributed by atoms with Crippen LogP contribution in [0.15, 0.2) is 149 Å². The number of ether oxygens (including phenoxy) is 4. The average Bonchev–Trinajstić information content (AvgIpc) is 3.25. The van der Waals surface area contributed by atoms with Gasteiger partial charge in [-0.15, -0.1) is 0 Å². The maximum absolute atomic E-state index is 13.8. The molecular weight excluding hydrogens is 896 g/mol. The number of carbonyl (C=O) groups is 2. The van der Waals surface area contributed by atoms with E-state index in [9.17, 15) is 48.4 Å². The lowest BCUT2D eigenvalue weighted by Gasteiger charge is -2.14. The molecule has 0 fully saturated rings. The maximum Gasteiger partial charge on any atom is 0.417 e. The van der Waals surface area contributed by atoms with Gasteiger partial charge in [-0.2, -0.15) is 13.2 Å². The van der Waals surface area contributed by atoms with E-state index in [1.807, 2.05) is 0 Å². The second-order valence-corrected chi connectivity index (χ2v) is 16.1. The molecule has 0 saturated heterocycles. The summed E-state index contributed by atoms with van der Waals surface area (Å²) < 4.78 is 142. The first kappa shape index (κ1) is 47.7. The lowest BCUT2D eigenvalue weighted by atomic mass is 10.2. The van der Waals surface area contributed by atoms with Gasteiger partial charge in [0.1, 0.15) is 77.1 Å². The first-order chi connectivity index (χ1) is 30.3. The van der Waals surface area contributed by atoms with E-state index >= 15 is 0 Å². The van der Waals surface area contributed by atoms with Gasteiger partial charge < -0.3 is 29.2 Å². The Hall–Kier alpha value is -7.39. The molecule has 4 N–H and O–H groups in total. The van der Waals surface area contributed by atoms with Gasteiger partial charge in [0.05, 0.1) is 10.5 Å². The van der Waals surface area contributed by atoms with Crippen molar-refractivity contribution in [3.63, 3.8) is 0 Å². The lowest BCUT2D eigenvalue weighted by molar-refractivity contribution is -0.139. The molecule has 0 aliphatic heterocycles. The predicted octanol–water partition coefficient (Wildman–Crippen LogP) is 8.58. The van der Waals surface area contributed by atoms with E-state index in [-0.39, 0.29) is 60.4 Å². The number of aromatic carboxylic acids is 2. The summed E-state index contributed by atoms with van der Waals surface area (Å²) in [5.74, 6) is -3.13. The van der Waals surface area contributed by atoms with E-state index in [2.05, 4.69) is 9.44 Å². The number of carboxylic acid groups (broad SMARTS) is 2. The molecule has 0 radical (unpaired) electrons. The minimum Gasteiger partial charge on any atom is -0.490 e. The summed E-state index contributed by atoms with van der Waals surface area (Å²) in [6.45, 7) is 0.313. The fraction of sp³-hybridized carbons (Fsp3) is 0.116. The third-order valence-electron chi connectivity index (χ3n) is 8.33. The number of rotatable bonds is 18. The van der Waals surface area contributed by atoms with Crippen LogP contribution in [0, 0.1) is 11.6 Å². The van der Waals surface area contributed by atoms with E-state index in [0.717, 1.165) is 24.3 Å². The Morgan fingerprint density at radius 2 is 0.922 bits per heavy atom. The predicted molar refractivity (Wildman–Crippen MR) is 221 cm³/mol. The number of para-hydroxylation sites is 2. The van der Waals surface area contributed by atoms with Crippen LogP contribution in [0.4, 0.5) is 33.3 Å². The Kier molecular flexibility index (Phi) is 15.7. The summed E-state index contributed by atoms with van der Waals surface area (Å²) in [5.41, 5.74) is -1.01. The number of sulfonamides is 2. The molecule has 64 heavy (non-hydrogen) atoms. The van der Waals surface area contributed by atoms with Crippen LogP contribution in [0.2, 0.25) is 0 Å². The van der Waals surface area contributed by atoms with Gasteiger partial charge in [-0.05, 0) is 97.1 Å². The fourth-order valence-corrected chi connectivity index (χ4v) is 7.85. The molecule has 0 amide bonds. The smallest absolute Gasteiger partial charge is 0.417 e. The summed E-state index contributed by atoms with van der Waals surface area (Å²) in [4.78, 5) is 20.7. The molecule has 0 bridgehead atoms. The Morgan fingerprint density at radius 3 is 1.36 bits per heavy atom. The monoisotopic (exact) mass is 930 g/mol. The van der Waals surface area contributed by atoms with Crippen molar-refractivity contribution >= 4 is 43.4 Å². The highest BCUT2D eigenvalue weighted by Gasteiger charge is 2.37. The summed E-state index contributed by atoms with van der Waals surface area (Å²) >= 11 is 0. The zero-order valence-corrected chi connectivity index (χ0v) is 34.4. The van der Waals surface area contributed by atoms with Crippen LogP contribution in [0.3, 0.4) is 0 Å². The Morgan fingerprint density at radius 1 is 0.516 bits per heavy atom. The third-order valence-corrected chi connectivity index (χ3v) is 11.2. The number of hydrogen-bond donors (Lipinski definition) is 4. The first-order valence-electron chi connectivity index (χ1n) is 18.4. The largest absolute Gasteiger partial charge is 0.490 e. The van der Waals surface area contributed by atoms with Gasteiger partial charge in [-0.1, -0.05) is 36.4 Å². The van der Waals surface area contributed by atoms with Gasteiger partial charge in [0.2, 0.25) is 0 Å². The van der Waals surface area contributed by atoms with Crippen molar-refractivity contribution < 1.29 is 77.5 Å². The van der Waals surface area contributed by atoms with Crippen LogP contribution in [0.25, 0.3) is 0 Å². The number of anilines is 2.